The molecule has 0 aliphatic rings. The minimum absolute atomic E-state index is 0. The topological polar surface area (TPSA) is 43.4 Å². The highest BCUT2D eigenvalue weighted by Gasteiger charge is 2.31. The molecule has 0 aromatic rings. The first-order valence-corrected chi connectivity index (χ1v) is 11.5. The molecule has 0 aliphatic carbocycles. The number of ether oxygens (including phenoxy) is 1. The summed E-state index contributed by atoms with van der Waals surface area (Å²) < 4.78 is 60.0. The van der Waals surface area contributed by atoms with Gasteiger partial charge in [-0.05, 0) is 17.8 Å². The van der Waals surface area contributed by atoms with Crippen molar-refractivity contribution in [2.75, 3.05) is 25.2 Å². The van der Waals surface area contributed by atoms with Crippen LogP contribution in [0.4, 0.5) is 13.2 Å². The molecule has 3 nitrogen and oxygen atoms in total. The van der Waals surface area contributed by atoms with Crippen LogP contribution in [0.3, 0.4) is 0 Å². The number of hydrogen-bond donors (Lipinski definition) is 0. The minimum Gasteiger partial charge on any atom is -0.384 e. The molecule has 0 bridgehead atoms. The standard InChI is InChI=1S/C6H14O2S.C5H12O.C5H12.C4H7F3.3CH4/c1-4-9(7,8)5-6(2)3;1-5(2)4-6-3;1-4-5(2)3;1-3(2)4(5,6)7;;;/h6H,4-5H2,1-3H3;5H,4H2,1-3H3;5H,4H2,1-3H3;3H,1-2H3;3*1H4. The molecule has 194 valence electrons. The number of methoxy groups -OCH3 is 1. The van der Waals surface area contributed by atoms with E-state index in [0.717, 1.165) is 26.4 Å². The van der Waals surface area contributed by atoms with Gasteiger partial charge < -0.3 is 4.74 Å². The first-order chi connectivity index (χ1) is 12.0. The van der Waals surface area contributed by atoms with E-state index >= 15 is 0 Å². The van der Waals surface area contributed by atoms with E-state index in [4.69, 9.17) is 4.74 Å². The molecule has 0 aromatic heterocycles. The predicted octanol–water partition coefficient (Wildman–Crippen LogP) is 8.53. The van der Waals surface area contributed by atoms with Crippen molar-refractivity contribution in [1.82, 2.24) is 0 Å². The Morgan fingerprint density at radius 2 is 1.07 bits per heavy atom. The maximum atomic E-state index is 11.2. The molecule has 0 aromatic carbocycles. The van der Waals surface area contributed by atoms with Crippen LogP contribution in [0, 0.1) is 23.7 Å². The van der Waals surface area contributed by atoms with E-state index in [1.54, 1.807) is 14.0 Å². The summed E-state index contributed by atoms with van der Waals surface area (Å²) in [5, 5.41) is 0. The Bertz CT molecular complexity index is 389. The lowest BCUT2D eigenvalue weighted by Crippen LogP contribution is -2.15. The number of halogens is 3. The highest BCUT2D eigenvalue weighted by molar-refractivity contribution is 7.91. The first kappa shape index (κ1) is 47.5. The van der Waals surface area contributed by atoms with E-state index in [1.807, 2.05) is 13.8 Å². The second-order valence-electron chi connectivity index (χ2n) is 7.94. The van der Waals surface area contributed by atoms with Crippen LogP contribution < -0.4 is 0 Å². The summed E-state index contributed by atoms with van der Waals surface area (Å²) in [7, 11) is -0.997. The zero-order valence-corrected chi connectivity index (χ0v) is 20.2. The Hall–Kier alpha value is -0.300. The van der Waals surface area contributed by atoms with E-state index in [-0.39, 0.29) is 34.0 Å². The fourth-order valence-corrected chi connectivity index (χ4v) is 2.21. The van der Waals surface area contributed by atoms with Gasteiger partial charge in [-0.25, -0.2) is 8.42 Å². The summed E-state index contributed by atoms with van der Waals surface area (Å²) in [6, 6.07) is 0. The molecule has 0 saturated carbocycles. The molecular formula is C23H57F3O3S. The molecule has 7 heteroatoms. The molecule has 0 radical (unpaired) electrons. The highest BCUT2D eigenvalue weighted by Crippen LogP contribution is 2.24. The van der Waals surface area contributed by atoms with Crippen LogP contribution in [0.2, 0.25) is 0 Å². The van der Waals surface area contributed by atoms with Crippen molar-refractivity contribution < 1.29 is 26.3 Å². The van der Waals surface area contributed by atoms with Gasteiger partial charge in [0.1, 0.15) is 9.84 Å². The summed E-state index contributed by atoms with van der Waals surface area (Å²) >= 11 is 0. The van der Waals surface area contributed by atoms with Crippen molar-refractivity contribution in [2.24, 2.45) is 23.7 Å². The number of alkyl halides is 3. The zero-order valence-electron chi connectivity index (χ0n) is 19.4. The third-order valence-corrected chi connectivity index (χ3v) is 5.05. The van der Waals surface area contributed by atoms with Gasteiger partial charge in [0.25, 0.3) is 0 Å². The minimum atomic E-state index is -4.00. The lowest BCUT2D eigenvalue weighted by molar-refractivity contribution is -0.164. The first-order valence-electron chi connectivity index (χ1n) is 9.72. The summed E-state index contributed by atoms with van der Waals surface area (Å²) in [5.74, 6) is 1.21. The molecule has 0 rings (SSSR count). The van der Waals surface area contributed by atoms with Gasteiger partial charge in [-0.3, -0.25) is 0 Å². The molecule has 0 unspecified atom stereocenters. The molecular weight excluding hydrogens is 413 g/mol. The van der Waals surface area contributed by atoms with Gasteiger partial charge in [0.05, 0.1) is 5.75 Å². The highest BCUT2D eigenvalue weighted by atomic mass is 32.2. The molecule has 0 spiro atoms. The Morgan fingerprint density at radius 1 is 0.767 bits per heavy atom. The Kier molecular flexibility index (Phi) is 42.3. The van der Waals surface area contributed by atoms with Crippen molar-refractivity contribution >= 4 is 9.84 Å². The van der Waals surface area contributed by atoms with Gasteiger partial charge in [0, 0.05) is 25.4 Å². The van der Waals surface area contributed by atoms with E-state index in [0.29, 0.717) is 11.7 Å². The SMILES string of the molecule is C.C.C.CC(C)C(F)(F)F.CCC(C)C.CCS(=O)(=O)CC(C)C.COCC(C)C. The van der Waals surface area contributed by atoms with Crippen molar-refractivity contribution in [1.29, 1.82) is 0 Å². The monoisotopic (exact) mass is 470 g/mol. The number of hydrogen-bond acceptors (Lipinski definition) is 3. The van der Waals surface area contributed by atoms with Gasteiger partial charge in [-0.2, -0.15) is 13.2 Å². The quantitative estimate of drug-likeness (QED) is 0.390. The van der Waals surface area contributed by atoms with Crippen LogP contribution in [0.5, 0.6) is 0 Å². The maximum absolute atomic E-state index is 11.2. The number of sulfone groups is 1. The average Bonchev–Trinajstić information content (AvgIpc) is 2.46. The maximum Gasteiger partial charge on any atom is 0.391 e. The second-order valence-corrected chi connectivity index (χ2v) is 10.3. The van der Waals surface area contributed by atoms with Crippen molar-refractivity contribution in [3.05, 3.63) is 0 Å². The van der Waals surface area contributed by atoms with Gasteiger partial charge >= 0.3 is 6.18 Å². The van der Waals surface area contributed by atoms with Gasteiger partial charge in [-0.15, -0.1) is 0 Å². The van der Waals surface area contributed by atoms with Crippen LogP contribution >= 0.6 is 0 Å². The van der Waals surface area contributed by atoms with Crippen molar-refractivity contribution in [2.45, 2.75) is 104 Å². The van der Waals surface area contributed by atoms with Gasteiger partial charge in [0.2, 0.25) is 0 Å². The summed E-state index contributed by atoms with van der Waals surface area (Å²) in [5.41, 5.74) is 0. The summed E-state index contributed by atoms with van der Waals surface area (Å²) in [4.78, 5) is 0. The summed E-state index contributed by atoms with van der Waals surface area (Å²) in [6.07, 6.45) is -2.69. The lowest BCUT2D eigenvalue weighted by Gasteiger charge is -2.07. The molecule has 0 atom stereocenters. The van der Waals surface area contributed by atoms with Crippen LogP contribution in [0.1, 0.15) is 97.9 Å². The Balaban J connectivity index is -0.0000000465. The normalized spacial score (nSPS) is 10.3. The van der Waals surface area contributed by atoms with Crippen molar-refractivity contribution in [3.8, 4) is 0 Å². The fraction of sp³-hybridized carbons (Fsp3) is 1.00. The fourth-order valence-electron chi connectivity index (χ4n) is 0.959. The molecule has 0 aliphatic heterocycles. The van der Waals surface area contributed by atoms with Crippen LogP contribution in [-0.4, -0.2) is 39.8 Å². The lowest BCUT2D eigenvalue weighted by atomic mass is 10.2. The second kappa shape index (κ2) is 26.7. The van der Waals surface area contributed by atoms with E-state index in [1.165, 1.54) is 6.42 Å². The summed E-state index contributed by atoms with van der Waals surface area (Å²) in [6.45, 7) is 19.5. The van der Waals surface area contributed by atoms with Gasteiger partial charge in [0.15, 0.2) is 0 Å². The molecule has 0 N–H and O–H groups in total. The smallest absolute Gasteiger partial charge is 0.384 e. The Labute approximate surface area is 189 Å². The molecule has 30 heavy (non-hydrogen) atoms. The van der Waals surface area contributed by atoms with E-state index in [9.17, 15) is 21.6 Å². The van der Waals surface area contributed by atoms with Gasteiger partial charge in [-0.1, -0.05) is 97.9 Å². The number of rotatable bonds is 6. The van der Waals surface area contributed by atoms with Crippen LogP contribution in [0.15, 0.2) is 0 Å². The van der Waals surface area contributed by atoms with Crippen LogP contribution in [0.25, 0.3) is 0 Å². The third-order valence-electron chi connectivity index (χ3n) is 3.00. The average molecular weight is 471 g/mol. The molecule has 0 heterocycles. The predicted molar refractivity (Wildman–Crippen MR) is 132 cm³/mol. The largest absolute Gasteiger partial charge is 0.391 e. The van der Waals surface area contributed by atoms with E-state index < -0.39 is 21.9 Å². The van der Waals surface area contributed by atoms with Crippen LogP contribution in [-0.2, 0) is 14.6 Å². The Morgan fingerprint density at radius 3 is 1.10 bits per heavy atom. The third kappa shape index (κ3) is 56.5. The zero-order chi connectivity index (χ0) is 22.8. The molecule has 0 saturated heterocycles. The van der Waals surface area contributed by atoms with E-state index in [2.05, 4.69) is 34.6 Å². The van der Waals surface area contributed by atoms with Crippen molar-refractivity contribution in [3.63, 3.8) is 0 Å². The molecule has 0 fully saturated rings. The molecule has 0 amide bonds.